The number of aromatic nitrogens is 1. The van der Waals surface area contributed by atoms with Crippen LogP contribution in [0.25, 0.3) is 0 Å². The van der Waals surface area contributed by atoms with Gasteiger partial charge in [0.15, 0.2) is 0 Å². The summed E-state index contributed by atoms with van der Waals surface area (Å²) in [5.74, 6) is 0.179. The second-order valence-electron chi connectivity index (χ2n) is 8.23. The minimum atomic E-state index is 0.00454. The molecule has 1 aromatic heterocycles. The van der Waals surface area contributed by atoms with Gasteiger partial charge in [-0.05, 0) is 38.3 Å². The molecule has 1 aromatic rings. The Labute approximate surface area is 149 Å². The Bertz CT molecular complexity index is 719. The highest BCUT2D eigenvalue weighted by Gasteiger charge is 2.60. The zero-order chi connectivity index (χ0) is 17.8. The first-order chi connectivity index (χ1) is 11.9. The van der Waals surface area contributed by atoms with E-state index >= 15 is 0 Å². The number of fused-ring (bicyclic) bond motifs is 1. The summed E-state index contributed by atoms with van der Waals surface area (Å²) >= 11 is 0. The molecule has 0 radical (unpaired) electrons. The lowest BCUT2D eigenvalue weighted by Crippen LogP contribution is -2.55. The predicted octanol–water partition coefficient (Wildman–Crippen LogP) is 2.78. The SMILES string of the molecule is CC(=O)N1[C@@H]2CN(C(=O)c3cccc(C)n3)[C@@H]3CCCC[C@H]1[C@]3(C)C2. The number of hydrogen-bond acceptors (Lipinski definition) is 3. The summed E-state index contributed by atoms with van der Waals surface area (Å²) in [6.45, 7) is 6.53. The van der Waals surface area contributed by atoms with Crippen LogP contribution in [-0.2, 0) is 4.79 Å². The summed E-state index contributed by atoms with van der Waals surface area (Å²) in [6, 6.07) is 6.24. The van der Waals surface area contributed by atoms with Crippen molar-refractivity contribution in [2.24, 2.45) is 5.41 Å². The minimum absolute atomic E-state index is 0.00454. The van der Waals surface area contributed by atoms with Crippen molar-refractivity contribution in [2.45, 2.75) is 71.0 Å². The molecule has 134 valence electrons. The van der Waals surface area contributed by atoms with Crippen molar-refractivity contribution in [2.75, 3.05) is 6.54 Å². The molecule has 3 aliphatic rings. The highest BCUT2D eigenvalue weighted by Crippen LogP contribution is 2.53. The fourth-order valence-electron chi connectivity index (χ4n) is 5.68. The molecule has 2 bridgehead atoms. The van der Waals surface area contributed by atoms with Crippen LogP contribution in [0.5, 0.6) is 0 Å². The number of aryl methyl sites for hydroxylation is 1. The van der Waals surface area contributed by atoms with Gasteiger partial charge in [0.05, 0.1) is 6.04 Å². The van der Waals surface area contributed by atoms with Crippen molar-refractivity contribution in [3.05, 3.63) is 29.6 Å². The Kier molecular flexibility index (Phi) is 3.85. The smallest absolute Gasteiger partial charge is 0.272 e. The first kappa shape index (κ1) is 16.6. The van der Waals surface area contributed by atoms with Crippen LogP contribution in [0.1, 0.15) is 62.1 Å². The molecule has 2 aliphatic heterocycles. The molecule has 4 rings (SSSR count). The van der Waals surface area contributed by atoms with E-state index in [0.717, 1.165) is 37.8 Å². The average Bonchev–Trinajstić information content (AvgIpc) is 2.69. The number of nitrogens with zero attached hydrogens (tertiary/aromatic N) is 3. The van der Waals surface area contributed by atoms with E-state index in [4.69, 9.17) is 0 Å². The van der Waals surface area contributed by atoms with Crippen LogP contribution in [-0.4, -0.2) is 51.3 Å². The Morgan fingerprint density at radius 2 is 1.92 bits per heavy atom. The lowest BCUT2D eigenvalue weighted by Gasteiger charge is -2.46. The van der Waals surface area contributed by atoms with Crippen molar-refractivity contribution < 1.29 is 9.59 Å². The summed E-state index contributed by atoms with van der Waals surface area (Å²) < 4.78 is 0. The zero-order valence-corrected chi connectivity index (χ0v) is 15.4. The maximum atomic E-state index is 13.3. The molecule has 4 atom stereocenters. The third-order valence-corrected chi connectivity index (χ3v) is 6.65. The van der Waals surface area contributed by atoms with Gasteiger partial charge in [-0.15, -0.1) is 0 Å². The molecule has 0 N–H and O–H groups in total. The van der Waals surface area contributed by atoms with Gasteiger partial charge in [-0.3, -0.25) is 9.59 Å². The molecule has 3 fully saturated rings. The lowest BCUT2D eigenvalue weighted by molar-refractivity contribution is -0.132. The summed E-state index contributed by atoms with van der Waals surface area (Å²) in [4.78, 5) is 34.2. The number of carbonyl (C=O) groups is 2. The van der Waals surface area contributed by atoms with E-state index in [9.17, 15) is 9.59 Å². The van der Waals surface area contributed by atoms with Crippen LogP contribution in [0.15, 0.2) is 18.2 Å². The topological polar surface area (TPSA) is 53.5 Å². The van der Waals surface area contributed by atoms with E-state index in [1.807, 2.05) is 30.0 Å². The van der Waals surface area contributed by atoms with Crippen LogP contribution in [0.4, 0.5) is 0 Å². The normalized spacial score (nSPS) is 34.0. The summed E-state index contributed by atoms with van der Waals surface area (Å²) in [5, 5.41) is 0. The molecule has 3 heterocycles. The Balaban J connectivity index is 1.73. The number of carbonyl (C=O) groups excluding carboxylic acids is 2. The van der Waals surface area contributed by atoms with Crippen molar-refractivity contribution >= 4 is 11.8 Å². The van der Waals surface area contributed by atoms with Crippen LogP contribution >= 0.6 is 0 Å². The van der Waals surface area contributed by atoms with Crippen molar-refractivity contribution in [3.8, 4) is 0 Å². The van der Waals surface area contributed by atoms with Gasteiger partial charge in [0.1, 0.15) is 5.69 Å². The maximum absolute atomic E-state index is 13.3. The zero-order valence-electron chi connectivity index (χ0n) is 15.4. The van der Waals surface area contributed by atoms with Gasteiger partial charge in [0.25, 0.3) is 5.91 Å². The maximum Gasteiger partial charge on any atom is 0.272 e. The molecule has 0 aromatic carbocycles. The van der Waals surface area contributed by atoms with Gasteiger partial charge in [-0.2, -0.15) is 0 Å². The standard InChI is InChI=1S/C20H27N3O2/c1-13-7-6-8-16(21-13)19(25)22-12-15-11-20(3)17(22)9-4-5-10-18(20)23(15)14(2)24/h6-8,15,17-18H,4-5,9-12H2,1-3H3/t15-,17+,18-,20+/m0/s1. The largest absolute Gasteiger partial charge is 0.335 e. The van der Waals surface area contributed by atoms with Crippen LogP contribution in [0, 0.1) is 12.3 Å². The molecule has 5 heteroatoms. The Hall–Kier alpha value is -1.91. The molecule has 5 nitrogen and oxygen atoms in total. The number of pyridine rings is 1. The fraction of sp³-hybridized carbons (Fsp3) is 0.650. The Morgan fingerprint density at radius 1 is 1.20 bits per heavy atom. The van der Waals surface area contributed by atoms with Gasteiger partial charge < -0.3 is 9.80 Å². The van der Waals surface area contributed by atoms with Gasteiger partial charge in [0, 0.05) is 36.7 Å². The molecule has 2 saturated heterocycles. The summed E-state index contributed by atoms with van der Waals surface area (Å²) in [5.41, 5.74) is 1.39. The molecular formula is C20H27N3O2. The molecule has 1 saturated carbocycles. The predicted molar refractivity (Wildman–Crippen MR) is 95.1 cm³/mol. The Morgan fingerprint density at radius 3 is 2.60 bits per heavy atom. The average molecular weight is 341 g/mol. The summed E-state index contributed by atoms with van der Waals surface area (Å²) in [6.07, 6.45) is 5.37. The first-order valence-electron chi connectivity index (χ1n) is 9.45. The third-order valence-electron chi connectivity index (χ3n) is 6.65. The molecule has 0 unspecified atom stereocenters. The number of rotatable bonds is 1. The molecule has 2 amide bonds. The highest BCUT2D eigenvalue weighted by atomic mass is 16.2. The quantitative estimate of drug-likeness (QED) is 0.789. The second kappa shape index (κ2) is 5.82. The first-order valence-corrected chi connectivity index (χ1v) is 9.45. The van der Waals surface area contributed by atoms with E-state index < -0.39 is 0 Å². The van der Waals surface area contributed by atoms with Crippen LogP contribution < -0.4 is 0 Å². The van der Waals surface area contributed by atoms with E-state index in [0.29, 0.717) is 12.2 Å². The fourth-order valence-corrected chi connectivity index (χ4v) is 5.68. The number of piperidine rings is 1. The molecule has 0 spiro atoms. The van der Waals surface area contributed by atoms with Gasteiger partial charge >= 0.3 is 0 Å². The van der Waals surface area contributed by atoms with E-state index in [1.165, 1.54) is 0 Å². The number of likely N-dealkylation sites (tertiary alicyclic amines) is 2. The summed E-state index contributed by atoms with van der Waals surface area (Å²) in [7, 11) is 0. The van der Waals surface area contributed by atoms with E-state index in [1.54, 1.807) is 6.92 Å². The third kappa shape index (κ3) is 2.47. The van der Waals surface area contributed by atoms with Crippen molar-refractivity contribution in [1.82, 2.24) is 14.8 Å². The monoisotopic (exact) mass is 341 g/mol. The second-order valence-corrected chi connectivity index (χ2v) is 8.23. The van der Waals surface area contributed by atoms with Gasteiger partial charge in [0.2, 0.25) is 5.91 Å². The molecule has 25 heavy (non-hydrogen) atoms. The van der Waals surface area contributed by atoms with Gasteiger partial charge in [-0.1, -0.05) is 25.8 Å². The minimum Gasteiger partial charge on any atom is -0.335 e. The van der Waals surface area contributed by atoms with Crippen molar-refractivity contribution in [3.63, 3.8) is 0 Å². The van der Waals surface area contributed by atoms with E-state index in [-0.39, 0.29) is 35.4 Å². The number of amides is 2. The van der Waals surface area contributed by atoms with Crippen LogP contribution in [0.2, 0.25) is 0 Å². The van der Waals surface area contributed by atoms with Gasteiger partial charge in [-0.25, -0.2) is 4.98 Å². The lowest BCUT2D eigenvalue weighted by atomic mass is 9.71. The van der Waals surface area contributed by atoms with Crippen LogP contribution in [0.3, 0.4) is 0 Å². The highest BCUT2D eigenvalue weighted by molar-refractivity contribution is 5.93. The van der Waals surface area contributed by atoms with E-state index in [2.05, 4.69) is 16.8 Å². The molecule has 1 aliphatic carbocycles. The number of hydrogen-bond donors (Lipinski definition) is 0. The van der Waals surface area contributed by atoms with Crippen molar-refractivity contribution in [1.29, 1.82) is 0 Å². The molecular weight excluding hydrogens is 314 g/mol.